The molecule has 0 aromatic heterocycles. The number of benzene rings is 2. The molecule has 0 aliphatic heterocycles. The van der Waals surface area contributed by atoms with E-state index in [2.05, 4.69) is 63.0 Å². The molecule has 2 aromatic carbocycles. The number of Topliss-reactive ketones (excluding diaryl/α,β-unsaturated/α-hetero) is 1. The van der Waals surface area contributed by atoms with Crippen molar-refractivity contribution in [3.8, 4) is 11.1 Å². The number of hydrogen-bond acceptors (Lipinski definition) is 2. The predicted molar refractivity (Wildman–Crippen MR) is 104 cm³/mol. The second kappa shape index (κ2) is 8.40. The molecule has 0 aliphatic carbocycles. The molecule has 0 aliphatic rings. The van der Waals surface area contributed by atoms with Crippen LogP contribution in [-0.2, 0) is 15.6 Å². The molecule has 0 amide bonds. The Labute approximate surface area is 147 Å². The minimum absolute atomic E-state index is 0.285. The fourth-order valence-corrected chi connectivity index (χ4v) is 3.37. The van der Waals surface area contributed by atoms with Gasteiger partial charge in [-0.15, -0.1) is 0 Å². The molecule has 2 nitrogen and oxygen atoms in total. The maximum atomic E-state index is 12.3. The van der Waals surface area contributed by atoms with Gasteiger partial charge in [-0.25, -0.2) is 0 Å². The summed E-state index contributed by atoms with van der Waals surface area (Å²) in [7, 11) is -1.50. The van der Waals surface area contributed by atoms with Gasteiger partial charge in [0.1, 0.15) is 5.78 Å². The molecule has 0 spiro atoms. The first kappa shape index (κ1) is 18.6. The first-order valence-electron chi connectivity index (χ1n) is 8.63. The highest BCUT2D eigenvalue weighted by Crippen LogP contribution is 2.20. The summed E-state index contributed by atoms with van der Waals surface area (Å²) in [5.41, 5.74) is 3.47. The van der Waals surface area contributed by atoms with E-state index < -0.39 is 8.32 Å². The first-order chi connectivity index (χ1) is 11.3. The number of ketones is 1. The van der Waals surface area contributed by atoms with Crippen molar-refractivity contribution in [1.29, 1.82) is 0 Å². The molecule has 24 heavy (non-hydrogen) atoms. The third-order valence-electron chi connectivity index (χ3n) is 3.84. The monoisotopic (exact) mass is 340 g/mol. The van der Waals surface area contributed by atoms with Gasteiger partial charge in [-0.05, 0) is 42.2 Å². The van der Waals surface area contributed by atoms with Gasteiger partial charge in [0.2, 0.25) is 0 Å². The molecule has 0 N–H and O–H groups in total. The number of rotatable bonds is 8. The van der Waals surface area contributed by atoms with E-state index in [1.165, 1.54) is 11.1 Å². The number of carbonyl (C=O) groups excluding carboxylic acids is 1. The van der Waals surface area contributed by atoms with Crippen molar-refractivity contribution in [1.82, 2.24) is 0 Å². The molecule has 3 heteroatoms. The predicted octanol–water partition coefficient (Wildman–Crippen LogP) is 5.34. The molecule has 0 saturated heterocycles. The highest BCUT2D eigenvalue weighted by Gasteiger charge is 2.17. The van der Waals surface area contributed by atoms with E-state index in [0.717, 1.165) is 5.56 Å². The van der Waals surface area contributed by atoms with Crippen molar-refractivity contribution in [2.75, 3.05) is 6.61 Å². The SMILES string of the molecule is C[C@@H](CO[Si](C)(C)C)CC(=O)Cc1ccc(-c2ccccc2)cc1. The van der Waals surface area contributed by atoms with Gasteiger partial charge >= 0.3 is 0 Å². The molecule has 2 aromatic rings. The maximum Gasteiger partial charge on any atom is 0.183 e. The van der Waals surface area contributed by atoms with Crippen LogP contribution in [0.15, 0.2) is 54.6 Å². The lowest BCUT2D eigenvalue weighted by Gasteiger charge is -2.20. The minimum Gasteiger partial charge on any atom is -0.417 e. The molecular formula is C21H28O2Si. The first-order valence-corrected chi connectivity index (χ1v) is 12.0. The molecule has 128 valence electrons. The summed E-state index contributed by atoms with van der Waals surface area (Å²) >= 11 is 0. The summed E-state index contributed by atoms with van der Waals surface area (Å²) in [4.78, 5) is 12.3. The Balaban J connectivity index is 1.86. The second-order valence-corrected chi connectivity index (χ2v) is 12.0. The van der Waals surface area contributed by atoms with Gasteiger partial charge in [0, 0.05) is 19.4 Å². The standard InChI is InChI=1S/C21H28O2Si/c1-17(16-23-24(2,3)4)14-21(22)15-18-10-12-20(13-11-18)19-8-6-5-7-9-19/h5-13,17H,14-16H2,1-4H3/t17-/m1/s1. The maximum absolute atomic E-state index is 12.3. The van der Waals surface area contributed by atoms with Gasteiger partial charge in [-0.3, -0.25) is 4.79 Å². The lowest BCUT2D eigenvalue weighted by molar-refractivity contribution is -0.119. The van der Waals surface area contributed by atoms with Crippen LogP contribution in [0.2, 0.25) is 19.6 Å². The van der Waals surface area contributed by atoms with Crippen molar-refractivity contribution in [2.45, 2.75) is 39.4 Å². The van der Waals surface area contributed by atoms with E-state index in [-0.39, 0.29) is 11.7 Å². The zero-order chi connectivity index (χ0) is 17.6. The van der Waals surface area contributed by atoms with Crippen LogP contribution in [0, 0.1) is 5.92 Å². The minimum atomic E-state index is -1.50. The fraction of sp³-hybridized carbons (Fsp3) is 0.381. The summed E-state index contributed by atoms with van der Waals surface area (Å²) < 4.78 is 5.89. The lowest BCUT2D eigenvalue weighted by Crippen LogP contribution is -2.28. The van der Waals surface area contributed by atoms with E-state index in [0.29, 0.717) is 19.4 Å². The zero-order valence-electron chi connectivity index (χ0n) is 15.2. The Morgan fingerprint density at radius 1 is 0.958 bits per heavy atom. The van der Waals surface area contributed by atoms with Crippen LogP contribution in [0.1, 0.15) is 18.9 Å². The topological polar surface area (TPSA) is 26.3 Å². The molecule has 0 heterocycles. The van der Waals surface area contributed by atoms with Gasteiger partial charge in [0.05, 0.1) is 0 Å². The van der Waals surface area contributed by atoms with E-state index in [9.17, 15) is 4.79 Å². The van der Waals surface area contributed by atoms with Gasteiger partial charge in [0.15, 0.2) is 8.32 Å². The average Bonchev–Trinajstić information content (AvgIpc) is 2.54. The molecule has 0 saturated carbocycles. The smallest absolute Gasteiger partial charge is 0.183 e. The van der Waals surface area contributed by atoms with Crippen LogP contribution in [0.25, 0.3) is 11.1 Å². The van der Waals surface area contributed by atoms with E-state index in [4.69, 9.17) is 4.43 Å². The van der Waals surface area contributed by atoms with Gasteiger partial charge in [-0.2, -0.15) is 0 Å². The molecule has 0 fully saturated rings. The normalized spacial score (nSPS) is 12.8. The molecule has 2 rings (SSSR count). The Bertz CT molecular complexity index is 642. The molecular weight excluding hydrogens is 312 g/mol. The lowest BCUT2D eigenvalue weighted by atomic mass is 9.98. The third-order valence-corrected chi connectivity index (χ3v) is 4.87. The van der Waals surface area contributed by atoms with Crippen molar-refractivity contribution in [3.05, 3.63) is 60.2 Å². The van der Waals surface area contributed by atoms with E-state index in [1.807, 2.05) is 18.2 Å². The van der Waals surface area contributed by atoms with Crippen LogP contribution >= 0.6 is 0 Å². The highest BCUT2D eigenvalue weighted by atomic mass is 28.4. The number of hydrogen-bond donors (Lipinski definition) is 0. The van der Waals surface area contributed by atoms with Crippen LogP contribution in [-0.4, -0.2) is 20.7 Å². The van der Waals surface area contributed by atoms with Gasteiger partial charge < -0.3 is 4.43 Å². The molecule has 1 atom stereocenters. The summed E-state index contributed by atoms with van der Waals surface area (Å²) in [6, 6.07) is 18.6. The zero-order valence-corrected chi connectivity index (χ0v) is 16.2. The van der Waals surface area contributed by atoms with Crippen LogP contribution in [0.4, 0.5) is 0 Å². The van der Waals surface area contributed by atoms with E-state index in [1.54, 1.807) is 0 Å². The van der Waals surface area contributed by atoms with Crippen molar-refractivity contribution < 1.29 is 9.22 Å². The summed E-state index contributed by atoms with van der Waals surface area (Å²) in [6.07, 6.45) is 1.09. The van der Waals surface area contributed by atoms with Crippen molar-refractivity contribution >= 4 is 14.1 Å². The van der Waals surface area contributed by atoms with Gasteiger partial charge in [0.25, 0.3) is 0 Å². The summed E-state index contributed by atoms with van der Waals surface area (Å²) in [5, 5.41) is 0. The van der Waals surface area contributed by atoms with Crippen molar-refractivity contribution in [3.63, 3.8) is 0 Å². The average molecular weight is 341 g/mol. The molecule has 0 radical (unpaired) electrons. The third kappa shape index (κ3) is 6.42. The Morgan fingerprint density at radius 3 is 2.12 bits per heavy atom. The Hall–Kier alpha value is -1.71. The summed E-state index contributed by atoms with van der Waals surface area (Å²) in [5.74, 6) is 0.571. The molecule has 0 unspecified atom stereocenters. The van der Waals surface area contributed by atoms with Crippen LogP contribution < -0.4 is 0 Å². The van der Waals surface area contributed by atoms with Crippen LogP contribution in [0.3, 0.4) is 0 Å². The Morgan fingerprint density at radius 2 is 1.54 bits per heavy atom. The van der Waals surface area contributed by atoms with Crippen LogP contribution in [0.5, 0.6) is 0 Å². The van der Waals surface area contributed by atoms with Crippen molar-refractivity contribution in [2.24, 2.45) is 5.92 Å². The Kier molecular flexibility index (Phi) is 6.52. The second-order valence-electron chi connectivity index (χ2n) is 7.51. The van der Waals surface area contributed by atoms with E-state index >= 15 is 0 Å². The summed E-state index contributed by atoms with van der Waals surface area (Å²) in [6.45, 7) is 9.31. The van der Waals surface area contributed by atoms with Gasteiger partial charge in [-0.1, -0.05) is 61.5 Å². The highest BCUT2D eigenvalue weighted by molar-refractivity contribution is 6.69. The quantitative estimate of drug-likeness (QED) is 0.606. The fourth-order valence-electron chi connectivity index (χ4n) is 2.59. The molecule has 0 bridgehead atoms. The number of carbonyl (C=O) groups is 1. The largest absolute Gasteiger partial charge is 0.417 e.